The normalized spacial score (nSPS) is 15.4. The van der Waals surface area contributed by atoms with E-state index in [0.717, 1.165) is 35.3 Å². The van der Waals surface area contributed by atoms with Crippen molar-refractivity contribution in [2.24, 2.45) is 5.41 Å². The number of rotatable bonds is 6. The van der Waals surface area contributed by atoms with Crippen LogP contribution in [0.2, 0.25) is 0 Å². The second-order valence-corrected chi connectivity index (χ2v) is 7.47. The fourth-order valence-corrected chi connectivity index (χ4v) is 3.00. The third kappa shape index (κ3) is 3.38. The molecule has 2 heteroatoms. The van der Waals surface area contributed by atoms with Crippen molar-refractivity contribution in [3.05, 3.63) is 53.6 Å². The average molecular weight is 322 g/mol. The quantitative estimate of drug-likeness (QED) is 0.712. The third-order valence-corrected chi connectivity index (χ3v) is 5.19. The van der Waals surface area contributed by atoms with E-state index in [1.165, 1.54) is 5.56 Å². The minimum Gasteiger partial charge on any atom is -0.496 e. The Bertz CT molecular complexity index is 737. The van der Waals surface area contributed by atoms with Crippen molar-refractivity contribution in [3.8, 4) is 16.9 Å². The molecule has 0 heterocycles. The van der Waals surface area contributed by atoms with Crippen LogP contribution in [-0.4, -0.2) is 12.9 Å². The van der Waals surface area contributed by atoms with Crippen molar-refractivity contribution in [3.63, 3.8) is 0 Å². The first-order valence-electron chi connectivity index (χ1n) is 8.73. The molecule has 1 aliphatic carbocycles. The van der Waals surface area contributed by atoms with Crippen LogP contribution < -0.4 is 4.74 Å². The van der Waals surface area contributed by atoms with Crippen LogP contribution in [0.5, 0.6) is 5.75 Å². The number of ketones is 1. The van der Waals surface area contributed by atoms with Crippen molar-refractivity contribution in [2.75, 3.05) is 7.11 Å². The van der Waals surface area contributed by atoms with E-state index in [2.05, 4.69) is 51.1 Å². The van der Waals surface area contributed by atoms with Gasteiger partial charge in [0.15, 0.2) is 0 Å². The number of carbonyl (C=O) groups is 1. The molecule has 0 radical (unpaired) electrons. The maximum atomic E-state index is 12.4. The molecule has 1 saturated carbocycles. The molecule has 24 heavy (non-hydrogen) atoms. The first kappa shape index (κ1) is 16.8. The summed E-state index contributed by atoms with van der Waals surface area (Å²) in [6.45, 7) is 6.46. The molecule has 0 atom stereocenters. The summed E-state index contributed by atoms with van der Waals surface area (Å²) < 4.78 is 5.53. The van der Waals surface area contributed by atoms with Gasteiger partial charge in [-0.2, -0.15) is 0 Å². The van der Waals surface area contributed by atoms with Crippen LogP contribution in [-0.2, 0) is 11.2 Å². The second kappa shape index (κ2) is 6.43. The average Bonchev–Trinajstić information content (AvgIpc) is 3.34. The van der Waals surface area contributed by atoms with Gasteiger partial charge in [0.1, 0.15) is 11.5 Å². The van der Waals surface area contributed by atoms with Gasteiger partial charge in [-0.1, -0.05) is 51.1 Å². The maximum Gasteiger partial charge on any atom is 0.143 e. The van der Waals surface area contributed by atoms with Gasteiger partial charge in [0.2, 0.25) is 0 Å². The SMILES string of the molecule is COc1ccc(CC(=O)C2(C)CC2)cc1-c1ccc(C(C)C)cc1. The monoisotopic (exact) mass is 322 g/mol. The number of methoxy groups -OCH3 is 1. The summed E-state index contributed by atoms with van der Waals surface area (Å²) in [7, 11) is 1.69. The van der Waals surface area contributed by atoms with E-state index in [1.54, 1.807) is 7.11 Å². The lowest BCUT2D eigenvalue weighted by atomic mass is 9.93. The smallest absolute Gasteiger partial charge is 0.143 e. The largest absolute Gasteiger partial charge is 0.496 e. The Morgan fingerprint density at radius 1 is 1.12 bits per heavy atom. The van der Waals surface area contributed by atoms with Crippen LogP contribution in [0.4, 0.5) is 0 Å². The van der Waals surface area contributed by atoms with Gasteiger partial charge >= 0.3 is 0 Å². The van der Waals surface area contributed by atoms with Gasteiger partial charge in [-0.3, -0.25) is 4.79 Å². The third-order valence-electron chi connectivity index (χ3n) is 5.19. The number of Topliss-reactive ketones (excluding diaryl/α,β-unsaturated/α-hetero) is 1. The highest BCUT2D eigenvalue weighted by Gasteiger charge is 2.43. The molecule has 3 rings (SSSR count). The Labute approximate surface area is 144 Å². The van der Waals surface area contributed by atoms with Crippen molar-refractivity contribution < 1.29 is 9.53 Å². The highest BCUT2D eigenvalue weighted by atomic mass is 16.5. The van der Waals surface area contributed by atoms with Crippen LogP contribution in [0.3, 0.4) is 0 Å². The summed E-state index contributed by atoms with van der Waals surface area (Å²) in [5.74, 6) is 1.72. The molecule has 126 valence electrons. The van der Waals surface area contributed by atoms with Crippen molar-refractivity contribution >= 4 is 5.78 Å². The molecule has 2 nitrogen and oxygen atoms in total. The number of hydrogen-bond acceptors (Lipinski definition) is 2. The molecule has 0 amide bonds. The summed E-state index contributed by atoms with van der Waals surface area (Å²) in [5.41, 5.74) is 4.50. The molecule has 0 unspecified atom stereocenters. The van der Waals surface area contributed by atoms with E-state index in [1.807, 2.05) is 12.1 Å². The van der Waals surface area contributed by atoms with Gasteiger partial charge in [0, 0.05) is 17.4 Å². The van der Waals surface area contributed by atoms with Gasteiger partial charge in [-0.15, -0.1) is 0 Å². The van der Waals surface area contributed by atoms with Gasteiger partial charge in [-0.25, -0.2) is 0 Å². The molecular weight excluding hydrogens is 296 g/mol. The summed E-state index contributed by atoms with van der Waals surface area (Å²) >= 11 is 0. The zero-order valence-electron chi connectivity index (χ0n) is 15.1. The summed E-state index contributed by atoms with van der Waals surface area (Å²) in [6.07, 6.45) is 2.58. The second-order valence-electron chi connectivity index (χ2n) is 7.47. The lowest BCUT2D eigenvalue weighted by Crippen LogP contribution is -2.14. The fraction of sp³-hybridized carbons (Fsp3) is 0.409. The minimum atomic E-state index is -0.0704. The Hall–Kier alpha value is -2.09. The van der Waals surface area contributed by atoms with Gasteiger partial charge in [0.25, 0.3) is 0 Å². The van der Waals surface area contributed by atoms with Crippen LogP contribution in [0.25, 0.3) is 11.1 Å². The van der Waals surface area contributed by atoms with E-state index < -0.39 is 0 Å². The molecule has 0 aromatic heterocycles. The molecule has 1 aliphatic rings. The topological polar surface area (TPSA) is 26.3 Å². The van der Waals surface area contributed by atoms with E-state index in [4.69, 9.17) is 4.74 Å². The Morgan fingerprint density at radius 3 is 2.33 bits per heavy atom. The molecule has 0 spiro atoms. The van der Waals surface area contributed by atoms with Crippen molar-refractivity contribution in [1.29, 1.82) is 0 Å². The predicted molar refractivity (Wildman–Crippen MR) is 98.6 cm³/mol. The van der Waals surface area contributed by atoms with E-state index >= 15 is 0 Å². The number of carbonyl (C=O) groups excluding carboxylic acids is 1. The molecule has 2 aromatic rings. The van der Waals surface area contributed by atoms with Crippen molar-refractivity contribution in [1.82, 2.24) is 0 Å². The first-order chi connectivity index (χ1) is 11.4. The van der Waals surface area contributed by atoms with Crippen LogP contribution in [0, 0.1) is 5.41 Å². The highest BCUT2D eigenvalue weighted by molar-refractivity contribution is 5.89. The molecule has 0 N–H and O–H groups in total. The predicted octanol–water partition coefficient (Wildman–Crippen LogP) is 5.40. The molecule has 1 fully saturated rings. The minimum absolute atomic E-state index is 0.0704. The Kier molecular flexibility index (Phi) is 4.49. The maximum absolute atomic E-state index is 12.4. The highest BCUT2D eigenvalue weighted by Crippen LogP contribution is 2.46. The molecule has 0 saturated heterocycles. The lowest BCUT2D eigenvalue weighted by molar-refractivity contribution is -0.122. The zero-order chi connectivity index (χ0) is 17.3. The number of ether oxygens (including phenoxy) is 1. The number of benzene rings is 2. The summed E-state index contributed by atoms with van der Waals surface area (Å²) in [6, 6.07) is 14.7. The van der Waals surface area contributed by atoms with Gasteiger partial charge in [-0.05, 0) is 47.6 Å². The molecule has 0 aliphatic heterocycles. The van der Waals surface area contributed by atoms with E-state index in [9.17, 15) is 4.79 Å². The summed E-state index contributed by atoms with van der Waals surface area (Å²) in [4.78, 5) is 12.4. The van der Waals surface area contributed by atoms with Crippen LogP contribution in [0.15, 0.2) is 42.5 Å². The fourth-order valence-electron chi connectivity index (χ4n) is 3.00. The van der Waals surface area contributed by atoms with Crippen LogP contribution in [0.1, 0.15) is 50.7 Å². The molecule has 2 aromatic carbocycles. The lowest BCUT2D eigenvalue weighted by Gasteiger charge is -2.13. The van der Waals surface area contributed by atoms with E-state index in [0.29, 0.717) is 18.1 Å². The van der Waals surface area contributed by atoms with E-state index in [-0.39, 0.29) is 5.41 Å². The standard InChI is InChI=1S/C22H26O2/c1-15(2)17-6-8-18(9-7-17)19-13-16(5-10-20(19)24-4)14-21(23)22(3)11-12-22/h5-10,13,15H,11-12,14H2,1-4H3. The van der Waals surface area contributed by atoms with Crippen molar-refractivity contribution in [2.45, 2.75) is 46.0 Å². The van der Waals surface area contributed by atoms with Crippen LogP contribution >= 0.6 is 0 Å². The van der Waals surface area contributed by atoms with Gasteiger partial charge < -0.3 is 4.74 Å². The number of hydrogen-bond donors (Lipinski definition) is 0. The zero-order valence-corrected chi connectivity index (χ0v) is 15.1. The molecular formula is C22H26O2. The Morgan fingerprint density at radius 2 is 1.79 bits per heavy atom. The summed E-state index contributed by atoms with van der Waals surface area (Å²) in [5, 5.41) is 0. The van der Waals surface area contributed by atoms with Gasteiger partial charge in [0.05, 0.1) is 7.11 Å². The first-order valence-corrected chi connectivity index (χ1v) is 8.73. The Balaban J connectivity index is 1.90. The molecule has 0 bridgehead atoms.